The smallest absolute Gasteiger partial charge is 0.358 e. The lowest BCUT2D eigenvalue weighted by atomic mass is 9.98. The minimum atomic E-state index is -0.522. The normalized spacial score (nSPS) is 17.7. The fraction of sp³-hybridized carbons (Fsp3) is 0.353. The van der Waals surface area contributed by atoms with Crippen molar-refractivity contribution >= 4 is 21.7 Å². The molecule has 0 bridgehead atoms. The quantitative estimate of drug-likeness (QED) is 0.432. The highest BCUT2D eigenvalue weighted by atomic mass is 79.9. The van der Waals surface area contributed by atoms with Crippen molar-refractivity contribution in [2.45, 2.75) is 25.4 Å². The number of aromatic nitrogens is 4. The Morgan fingerprint density at radius 3 is 3.04 bits per heavy atom. The maximum atomic E-state index is 13.4. The van der Waals surface area contributed by atoms with E-state index < -0.39 is 4.92 Å². The molecule has 146 valence electrons. The summed E-state index contributed by atoms with van der Waals surface area (Å²) in [5, 5.41) is 18.9. The first-order valence-electron chi connectivity index (χ1n) is 8.69. The summed E-state index contributed by atoms with van der Waals surface area (Å²) in [5.74, 6) is 0.352. The van der Waals surface area contributed by atoms with Crippen LogP contribution in [0, 0.1) is 15.9 Å². The molecule has 0 spiro atoms. The van der Waals surface area contributed by atoms with Crippen LogP contribution < -0.4 is 0 Å². The van der Waals surface area contributed by atoms with E-state index in [1.165, 1.54) is 16.8 Å². The van der Waals surface area contributed by atoms with Gasteiger partial charge in [-0.25, -0.2) is 4.39 Å². The largest absolute Gasteiger partial charge is 0.404 e. The van der Waals surface area contributed by atoms with Crippen LogP contribution in [0.2, 0.25) is 0 Å². The molecule has 3 aromatic rings. The Kier molecular flexibility index (Phi) is 5.18. The summed E-state index contributed by atoms with van der Waals surface area (Å²) in [6, 6.07) is 6.06. The predicted molar refractivity (Wildman–Crippen MR) is 99.8 cm³/mol. The van der Waals surface area contributed by atoms with Gasteiger partial charge in [0, 0.05) is 18.7 Å². The highest BCUT2D eigenvalue weighted by Crippen LogP contribution is 2.28. The summed E-state index contributed by atoms with van der Waals surface area (Å²) in [7, 11) is 0. The molecule has 0 amide bonds. The van der Waals surface area contributed by atoms with E-state index in [1.54, 1.807) is 18.3 Å². The van der Waals surface area contributed by atoms with Gasteiger partial charge in [0.1, 0.15) is 17.0 Å². The Morgan fingerprint density at radius 2 is 2.29 bits per heavy atom. The second kappa shape index (κ2) is 7.76. The van der Waals surface area contributed by atoms with Crippen molar-refractivity contribution in [3.63, 3.8) is 0 Å². The van der Waals surface area contributed by atoms with E-state index in [0.29, 0.717) is 35.0 Å². The zero-order valence-electron chi connectivity index (χ0n) is 14.7. The Morgan fingerprint density at radius 1 is 1.43 bits per heavy atom. The van der Waals surface area contributed by atoms with Gasteiger partial charge in [-0.1, -0.05) is 17.3 Å². The molecule has 0 aliphatic carbocycles. The van der Waals surface area contributed by atoms with Gasteiger partial charge in [0.15, 0.2) is 0 Å². The van der Waals surface area contributed by atoms with E-state index >= 15 is 0 Å². The van der Waals surface area contributed by atoms with Gasteiger partial charge in [-0.3, -0.25) is 4.90 Å². The average molecular weight is 451 g/mol. The third-order valence-electron chi connectivity index (χ3n) is 4.60. The second-order valence-corrected chi connectivity index (χ2v) is 7.48. The SMILES string of the molecule is O=[N+]([O-])c1nn(CN2CCCC(c3nc(-c4cccc(F)c4)no3)C2)cc1Br. The van der Waals surface area contributed by atoms with Gasteiger partial charge in [0.05, 0.1) is 17.2 Å². The second-order valence-electron chi connectivity index (χ2n) is 6.62. The van der Waals surface area contributed by atoms with Gasteiger partial charge in [-0.05, 0) is 45.8 Å². The average Bonchev–Trinajstić information content (AvgIpc) is 3.29. The molecule has 28 heavy (non-hydrogen) atoms. The van der Waals surface area contributed by atoms with E-state index in [9.17, 15) is 14.5 Å². The molecule has 9 nitrogen and oxygen atoms in total. The van der Waals surface area contributed by atoms with Crippen molar-refractivity contribution in [1.29, 1.82) is 0 Å². The van der Waals surface area contributed by atoms with Crippen LogP contribution in [-0.4, -0.2) is 42.8 Å². The first-order chi connectivity index (χ1) is 13.5. The fourth-order valence-electron chi connectivity index (χ4n) is 3.32. The number of benzene rings is 1. The standard InChI is InChI=1S/C17H16BrFN6O3/c18-14-9-24(21-16(14)25(26)27)10-23-6-2-4-12(8-23)17-20-15(22-28-17)11-3-1-5-13(19)7-11/h1,3,5,7,9,12H,2,4,6,8,10H2. The highest BCUT2D eigenvalue weighted by molar-refractivity contribution is 9.10. The monoisotopic (exact) mass is 450 g/mol. The van der Waals surface area contributed by atoms with Gasteiger partial charge in [0.25, 0.3) is 0 Å². The topological polar surface area (TPSA) is 103 Å². The molecule has 2 aromatic heterocycles. The molecule has 1 fully saturated rings. The summed E-state index contributed by atoms with van der Waals surface area (Å²) in [4.78, 5) is 17.0. The summed E-state index contributed by atoms with van der Waals surface area (Å²) >= 11 is 3.16. The van der Waals surface area contributed by atoms with Crippen LogP contribution in [0.15, 0.2) is 39.5 Å². The maximum absolute atomic E-state index is 13.4. The van der Waals surface area contributed by atoms with Crippen LogP contribution >= 0.6 is 15.9 Å². The van der Waals surface area contributed by atoms with Gasteiger partial charge in [0.2, 0.25) is 11.7 Å². The number of hydrogen-bond donors (Lipinski definition) is 0. The molecule has 1 atom stereocenters. The van der Waals surface area contributed by atoms with Crippen molar-refractivity contribution in [1.82, 2.24) is 24.8 Å². The highest BCUT2D eigenvalue weighted by Gasteiger charge is 2.28. The number of likely N-dealkylation sites (tertiary alicyclic amines) is 1. The van der Waals surface area contributed by atoms with Crippen LogP contribution in [0.4, 0.5) is 10.2 Å². The molecule has 1 saturated heterocycles. The van der Waals surface area contributed by atoms with Crippen LogP contribution in [-0.2, 0) is 6.67 Å². The first-order valence-corrected chi connectivity index (χ1v) is 9.48. The van der Waals surface area contributed by atoms with Gasteiger partial charge < -0.3 is 14.6 Å². The predicted octanol–water partition coefficient (Wildman–Crippen LogP) is 3.58. The zero-order valence-corrected chi connectivity index (χ0v) is 16.2. The minimum Gasteiger partial charge on any atom is -0.358 e. The van der Waals surface area contributed by atoms with Crippen molar-refractivity contribution in [3.8, 4) is 11.4 Å². The lowest BCUT2D eigenvalue weighted by Gasteiger charge is -2.29. The van der Waals surface area contributed by atoms with E-state index in [1.807, 2.05) is 0 Å². The van der Waals surface area contributed by atoms with Crippen molar-refractivity contribution in [2.24, 2.45) is 0 Å². The van der Waals surface area contributed by atoms with E-state index in [2.05, 4.69) is 36.1 Å². The Balaban J connectivity index is 1.45. The van der Waals surface area contributed by atoms with Gasteiger partial charge >= 0.3 is 5.82 Å². The molecule has 1 aromatic carbocycles. The number of halogens is 2. The molecule has 0 N–H and O–H groups in total. The van der Waals surface area contributed by atoms with Crippen LogP contribution in [0.3, 0.4) is 0 Å². The molecular formula is C17H16BrFN6O3. The minimum absolute atomic E-state index is 0.0394. The third kappa shape index (κ3) is 3.94. The van der Waals surface area contributed by atoms with Crippen molar-refractivity contribution < 1.29 is 13.8 Å². The third-order valence-corrected chi connectivity index (χ3v) is 5.16. The molecule has 1 unspecified atom stereocenters. The van der Waals surface area contributed by atoms with Crippen molar-refractivity contribution in [3.05, 3.63) is 56.8 Å². The summed E-state index contributed by atoms with van der Waals surface area (Å²) in [6.45, 7) is 1.93. The molecule has 1 aliphatic rings. The molecule has 11 heteroatoms. The molecule has 0 radical (unpaired) electrons. The summed E-state index contributed by atoms with van der Waals surface area (Å²) < 4.78 is 20.7. The fourth-order valence-corrected chi connectivity index (χ4v) is 3.78. The van der Waals surface area contributed by atoms with E-state index in [-0.39, 0.29) is 17.6 Å². The Hall–Kier alpha value is -2.66. The Bertz CT molecular complexity index is 1010. The lowest BCUT2D eigenvalue weighted by Crippen LogP contribution is -2.36. The number of piperidine rings is 1. The summed E-state index contributed by atoms with van der Waals surface area (Å²) in [5.41, 5.74) is 0.566. The Labute approximate surface area is 167 Å². The van der Waals surface area contributed by atoms with Crippen LogP contribution in [0.5, 0.6) is 0 Å². The van der Waals surface area contributed by atoms with Gasteiger partial charge in [-0.15, -0.1) is 0 Å². The van der Waals surface area contributed by atoms with Crippen LogP contribution in [0.25, 0.3) is 11.4 Å². The lowest BCUT2D eigenvalue weighted by molar-refractivity contribution is -0.390. The number of hydrogen-bond acceptors (Lipinski definition) is 7. The number of nitro groups is 1. The number of nitrogens with zero attached hydrogens (tertiary/aromatic N) is 6. The molecule has 1 aliphatic heterocycles. The zero-order chi connectivity index (χ0) is 19.7. The molecule has 0 saturated carbocycles. The summed E-state index contributed by atoms with van der Waals surface area (Å²) in [6.07, 6.45) is 3.41. The molecule has 3 heterocycles. The van der Waals surface area contributed by atoms with Crippen molar-refractivity contribution in [2.75, 3.05) is 13.1 Å². The van der Waals surface area contributed by atoms with Crippen LogP contribution in [0.1, 0.15) is 24.7 Å². The molecular weight excluding hydrogens is 435 g/mol. The van der Waals surface area contributed by atoms with E-state index in [0.717, 1.165) is 19.4 Å². The van der Waals surface area contributed by atoms with Gasteiger partial charge in [-0.2, -0.15) is 9.67 Å². The molecule has 4 rings (SSSR count). The number of rotatable bonds is 5. The first kappa shape index (κ1) is 18.7. The maximum Gasteiger partial charge on any atom is 0.404 e. The van der Waals surface area contributed by atoms with E-state index in [4.69, 9.17) is 4.52 Å².